The number of hydrogen-bond donors (Lipinski definition) is 1. The third kappa shape index (κ3) is 4.70. The van der Waals surface area contributed by atoms with E-state index in [1.807, 2.05) is 11.9 Å². The average molecular weight is 337 g/mol. The average Bonchev–Trinajstić information content (AvgIpc) is 3.15. The lowest BCUT2D eigenvalue weighted by atomic mass is 9.91. The predicted molar refractivity (Wildman–Crippen MR) is 98.1 cm³/mol. The molecule has 0 aromatic heterocycles. The molecule has 0 spiro atoms. The van der Waals surface area contributed by atoms with Gasteiger partial charge in [0.2, 0.25) is 5.91 Å². The second kappa shape index (κ2) is 8.63. The Morgan fingerprint density at radius 1 is 1.08 bits per heavy atom. The van der Waals surface area contributed by atoms with Gasteiger partial charge < -0.3 is 20.0 Å². The molecule has 3 heterocycles. The van der Waals surface area contributed by atoms with Crippen LogP contribution in [0, 0.1) is 5.92 Å². The Morgan fingerprint density at radius 3 is 2.42 bits per heavy atom. The number of rotatable bonds is 5. The van der Waals surface area contributed by atoms with Crippen molar-refractivity contribution < 1.29 is 4.79 Å². The van der Waals surface area contributed by atoms with Crippen LogP contribution in [0.4, 0.5) is 0 Å². The summed E-state index contributed by atoms with van der Waals surface area (Å²) in [5, 5.41) is 3.32. The SMILES string of the molecule is CN1CCC(N2CCC(CCN(C)C(=O)C3CCCN3)CC2)CC1. The summed E-state index contributed by atoms with van der Waals surface area (Å²) in [6.45, 7) is 6.97. The van der Waals surface area contributed by atoms with E-state index in [9.17, 15) is 4.79 Å². The minimum atomic E-state index is 0.0845. The molecule has 3 aliphatic rings. The number of piperidine rings is 2. The van der Waals surface area contributed by atoms with Gasteiger partial charge in [-0.15, -0.1) is 0 Å². The molecule has 0 aliphatic carbocycles. The largest absolute Gasteiger partial charge is 0.344 e. The van der Waals surface area contributed by atoms with Gasteiger partial charge in [-0.05, 0) is 90.6 Å². The van der Waals surface area contributed by atoms with Crippen LogP contribution in [0.1, 0.15) is 44.9 Å². The summed E-state index contributed by atoms with van der Waals surface area (Å²) in [7, 11) is 4.22. The van der Waals surface area contributed by atoms with Gasteiger partial charge in [-0.1, -0.05) is 0 Å². The van der Waals surface area contributed by atoms with Crippen molar-refractivity contribution in [2.75, 3.05) is 53.4 Å². The molecule has 1 atom stereocenters. The summed E-state index contributed by atoms with van der Waals surface area (Å²) in [5.41, 5.74) is 0. The molecule has 0 bridgehead atoms. The number of carbonyl (C=O) groups excluding carboxylic acids is 1. The second-order valence-electron chi connectivity index (χ2n) is 8.21. The molecule has 3 saturated heterocycles. The van der Waals surface area contributed by atoms with Crippen molar-refractivity contribution in [1.82, 2.24) is 20.0 Å². The van der Waals surface area contributed by atoms with E-state index in [0.29, 0.717) is 5.91 Å². The monoisotopic (exact) mass is 336 g/mol. The number of likely N-dealkylation sites (N-methyl/N-ethyl adjacent to an activating group) is 1. The lowest BCUT2D eigenvalue weighted by molar-refractivity contribution is -0.131. The standard InChI is InChI=1S/C19H36N4O/c1-21-11-8-17(9-12-21)23-14-6-16(7-15-23)5-13-22(2)19(24)18-4-3-10-20-18/h16-18,20H,3-15H2,1-2H3. The molecule has 0 aromatic carbocycles. The number of carbonyl (C=O) groups is 1. The fourth-order valence-corrected chi connectivity index (χ4v) is 4.61. The van der Waals surface area contributed by atoms with Gasteiger partial charge in [-0.2, -0.15) is 0 Å². The molecule has 24 heavy (non-hydrogen) atoms. The Bertz CT molecular complexity index is 394. The maximum atomic E-state index is 12.4. The van der Waals surface area contributed by atoms with Crippen molar-refractivity contribution in [2.24, 2.45) is 5.92 Å². The summed E-state index contributed by atoms with van der Waals surface area (Å²) >= 11 is 0. The lowest BCUT2D eigenvalue weighted by Crippen LogP contribution is -2.47. The van der Waals surface area contributed by atoms with Gasteiger partial charge >= 0.3 is 0 Å². The third-order valence-corrected chi connectivity index (χ3v) is 6.46. The number of likely N-dealkylation sites (tertiary alicyclic amines) is 2. The molecule has 0 aromatic rings. The predicted octanol–water partition coefficient (Wildman–Crippen LogP) is 1.39. The van der Waals surface area contributed by atoms with Crippen molar-refractivity contribution in [3.63, 3.8) is 0 Å². The zero-order valence-corrected chi connectivity index (χ0v) is 15.7. The van der Waals surface area contributed by atoms with Crippen molar-refractivity contribution >= 4 is 5.91 Å². The topological polar surface area (TPSA) is 38.8 Å². The molecular weight excluding hydrogens is 300 g/mol. The van der Waals surface area contributed by atoms with Crippen LogP contribution in [-0.2, 0) is 4.79 Å². The molecule has 1 unspecified atom stereocenters. The van der Waals surface area contributed by atoms with E-state index >= 15 is 0 Å². The van der Waals surface area contributed by atoms with Gasteiger partial charge in [0.05, 0.1) is 6.04 Å². The molecule has 3 fully saturated rings. The van der Waals surface area contributed by atoms with E-state index in [2.05, 4.69) is 22.2 Å². The van der Waals surface area contributed by atoms with Gasteiger partial charge in [0, 0.05) is 19.6 Å². The van der Waals surface area contributed by atoms with Crippen LogP contribution < -0.4 is 5.32 Å². The molecule has 3 aliphatic heterocycles. The van der Waals surface area contributed by atoms with Gasteiger partial charge in [-0.3, -0.25) is 4.79 Å². The van der Waals surface area contributed by atoms with Crippen LogP contribution in [0.15, 0.2) is 0 Å². The molecule has 5 heteroatoms. The first-order valence-electron chi connectivity index (χ1n) is 10.0. The van der Waals surface area contributed by atoms with E-state index in [4.69, 9.17) is 0 Å². The molecule has 0 saturated carbocycles. The van der Waals surface area contributed by atoms with Crippen LogP contribution in [0.5, 0.6) is 0 Å². The van der Waals surface area contributed by atoms with Gasteiger partial charge in [0.15, 0.2) is 0 Å². The molecule has 3 rings (SSSR count). The number of amides is 1. The van der Waals surface area contributed by atoms with Gasteiger partial charge in [0.1, 0.15) is 0 Å². The van der Waals surface area contributed by atoms with Crippen molar-refractivity contribution in [1.29, 1.82) is 0 Å². The molecule has 0 radical (unpaired) electrons. The Kier molecular flexibility index (Phi) is 6.53. The van der Waals surface area contributed by atoms with Crippen molar-refractivity contribution in [3.05, 3.63) is 0 Å². The maximum absolute atomic E-state index is 12.4. The number of nitrogens with one attached hydrogen (secondary N) is 1. The Morgan fingerprint density at radius 2 is 1.79 bits per heavy atom. The van der Waals surface area contributed by atoms with E-state index < -0.39 is 0 Å². The Hall–Kier alpha value is -0.650. The summed E-state index contributed by atoms with van der Waals surface area (Å²) < 4.78 is 0. The third-order valence-electron chi connectivity index (χ3n) is 6.46. The van der Waals surface area contributed by atoms with E-state index in [1.54, 1.807) is 0 Å². The fraction of sp³-hybridized carbons (Fsp3) is 0.947. The summed E-state index contributed by atoms with van der Waals surface area (Å²) in [4.78, 5) is 19.5. The molecular formula is C19H36N4O. The zero-order chi connectivity index (χ0) is 16.9. The minimum Gasteiger partial charge on any atom is -0.344 e. The van der Waals surface area contributed by atoms with Gasteiger partial charge in [-0.25, -0.2) is 0 Å². The second-order valence-corrected chi connectivity index (χ2v) is 8.21. The highest BCUT2D eigenvalue weighted by Crippen LogP contribution is 2.25. The Labute approximate surface area is 147 Å². The quantitative estimate of drug-likeness (QED) is 0.824. The van der Waals surface area contributed by atoms with E-state index in [1.165, 1.54) is 58.3 Å². The summed E-state index contributed by atoms with van der Waals surface area (Å²) in [5.74, 6) is 1.11. The van der Waals surface area contributed by atoms with E-state index in [-0.39, 0.29) is 6.04 Å². The van der Waals surface area contributed by atoms with Crippen LogP contribution in [0.2, 0.25) is 0 Å². The van der Waals surface area contributed by atoms with E-state index in [0.717, 1.165) is 37.9 Å². The van der Waals surface area contributed by atoms with Crippen LogP contribution in [0.3, 0.4) is 0 Å². The van der Waals surface area contributed by atoms with Gasteiger partial charge in [0.25, 0.3) is 0 Å². The zero-order valence-electron chi connectivity index (χ0n) is 15.7. The normalized spacial score (nSPS) is 28.3. The van der Waals surface area contributed by atoms with Crippen LogP contribution in [-0.4, -0.2) is 86.1 Å². The lowest BCUT2D eigenvalue weighted by Gasteiger charge is -2.41. The highest BCUT2D eigenvalue weighted by molar-refractivity contribution is 5.81. The number of nitrogens with zero attached hydrogens (tertiary/aromatic N) is 3. The molecule has 5 nitrogen and oxygen atoms in total. The molecule has 1 N–H and O–H groups in total. The first-order valence-corrected chi connectivity index (χ1v) is 10.0. The highest BCUT2D eigenvalue weighted by Gasteiger charge is 2.28. The summed E-state index contributed by atoms with van der Waals surface area (Å²) in [6.07, 6.45) is 8.64. The first kappa shape index (κ1) is 18.2. The summed E-state index contributed by atoms with van der Waals surface area (Å²) in [6, 6.07) is 0.904. The minimum absolute atomic E-state index is 0.0845. The van der Waals surface area contributed by atoms with Crippen molar-refractivity contribution in [3.8, 4) is 0 Å². The highest BCUT2D eigenvalue weighted by atomic mass is 16.2. The maximum Gasteiger partial charge on any atom is 0.239 e. The molecule has 138 valence electrons. The van der Waals surface area contributed by atoms with Crippen LogP contribution in [0.25, 0.3) is 0 Å². The first-order chi connectivity index (χ1) is 11.6. The number of hydrogen-bond acceptors (Lipinski definition) is 4. The Balaban J connectivity index is 1.34. The van der Waals surface area contributed by atoms with Crippen molar-refractivity contribution in [2.45, 2.75) is 57.0 Å². The van der Waals surface area contributed by atoms with Crippen LogP contribution >= 0.6 is 0 Å². The smallest absolute Gasteiger partial charge is 0.239 e. The fourth-order valence-electron chi connectivity index (χ4n) is 4.61. The molecule has 1 amide bonds.